The molecule has 3 rings (SSSR count). The lowest BCUT2D eigenvalue weighted by Gasteiger charge is -2.25. The van der Waals surface area contributed by atoms with Crippen LogP contribution in [-0.2, 0) is 9.84 Å². The van der Waals surface area contributed by atoms with Gasteiger partial charge in [0.1, 0.15) is 10.6 Å². The molecule has 1 aliphatic rings. The molecule has 2 aromatic heterocycles. The molecule has 0 aromatic carbocycles. The number of hydrogen-bond acceptors (Lipinski definition) is 7. The first-order valence-electron chi connectivity index (χ1n) is 6.29. The van der Waals surface area contributed by atoms with Crippen molar-refractivity contribution in [2.75, 3.05) is 22.6 Å². The van der Waals surface area contributed by atoms with E-state index in [0.29, 0.717) is 12.2 Å². The van der Waals surface area contributed by atoms with Crippen molar-refractivity contribution in [3.63, 3.8) is 0 Å². The van der Waals surface area contributed by atoms with Crippen LogP contribution in [0.5, 0.6) is 0 Å². The number of nitrogens with two attached hydrogens (primary N) is 1. The summed E-state index contributed by atoms with van der Waals surface area (Å²) in [5.41, 5.74) is 5.23. The fourth-order valence-corrected chi connectivity index (χ4v) is 5.53. The summed E-state index contributed by atoms with van der Waals surface area (Å²) in [7, 11) is -2.97. The van der Waals surface area contributed by atoms with Gasteiger partial charge in [-0.3, -0.25) is 0 Å². The van der Waals surface area contributed by atoms with Gasteiger partial charge >= 0.3 is 0 Å². The molecule has 0 bridgehead atoms. The molecular weight excluding hydrogens is 296 g/mol. The number of nitrogens with zero attached hydrogens (tertiary/aromatic N) is 2. The number of rotatable bonds is 2. The monoisotopic (exact) mass is 312 g/mol. The number of hydrogen-bond donors (Lipinski definition) is 2. The molecule has 1 atom stereocenters. The Labute approximate surface area is 121 Å². The average molecular weight is 312 g/mol. The van der Waals surface area contributed by atoms with Gasteiger partial charge in [-0.2, -0.15) is 4.98 Å². The first-order valence-corrected chi connectivity index (χ1v) is 8.92. The Balaban J connectivity index is 2.03. The van der Waals surface area contributed by atoms with Crippen LogP contribution < -0.4 is 11.1 Å². The van der Waals surface area contributed by atoms with E-state index in [1.54, 1.807) is 11.3 Å². The molecule has 20 heavy (non-hydrogen) atoms. The zero-order valence-electron chi connectivity index (χ0n) is 11.3. The third kappa shape index (κ3) is 2.45. The van der Waals surface area contributed by atoms with Crippen molar-refractivity contribution in [3.8, 4) is 0 Å². The predicted octanol–water partition coefficient (Wildman–Crippen LogP) is 1.57. The molecule has 3 N–H and O–H groups in total. The maximum absolute atomic E-state index is 11.7. The Morgan fingerprint density at radius 2 is 2.20 bits per heavy atom. The second-order valence-corrected chi connectivity index (χ2v) is 8.95. The zero-order valence-corrected chi connectivity index (χ0v) is 12.9. The van der Waals surface area contributed by atoms with Gasteiger partial charge in [-0.05, 0) is 26.3 Å². The normalized spacial score (nSPS) is 25.1. The Bertz CT molecular complexity index is 784. The molecule has 1 unspecified atom stereocenters. The molecule has 0 saturated carbocycles. The summed E-state index contributed by atoms with van der Waals surface area (Å²) in [6.07, 6.45) is 0.573. The van der Waals surface area contributed by atoms with E-state index < -0.39 is 15.4 Å². The van der Waals surface area contributed by atoms with Gasteiger partial charge in [0.15, 0.2) is 9.84 Å². The van der Waals surface area contributed by atoms with Crippen molar-refractivity contribution < 1.29 is 8.42 Å². The fourth-order valence-electron chi connectivity index (χ4n) is 2.55. The van der Waals surface area contributed by atoms with Crippen LogP contribution in [0.25, 0.3) is 10.2 Å². The summed E-state index contributed by atoms with van der Waals surface area (Å²) in [6.45, 7) is 3.90. The molecule has 6 nitrogen and oxygen atoms in total. The molecule has 108 valence electrons. The van der Waals surface area contributed by atoms with Gasteiger partial charge in [-0.15, -0.1) is 11.3 Å². The van der Waals surface area contributed by atoms with E-state index in [4.69, 9.17) is 5.73 Å². The lowest BCUT2D eigenvalue weighted by atomic mass is 10.0. The molecule has 2 aromatic rings. The van der Waals surface area contributed by atoms with Crippen LogP contribution in [0.15, 0.2) is 6.07 Å². The topological polar surface area (TPSA) is 98.0 Å². The number of nitrogen functional groups attached to an aromatic ring is 1. The average Bonchev–Trinajstić information content (AvgIpc) is 2.78. The summed E-state index contributed by atoms with van der Waals surface area (Å²) >= 11 is 1.55. The Morgan fingerprint density at radius 3 is 2.85 bits per heavy atom. The van der Waals surface area contributed by atoms with Crippen molar-refractivity contribution in [2.45, 2.75) is 25.8 Å². The standard InChI is InChI=1S/C12H16N4O2S2/c1-7-5-8-9(14-11(13)15-10(8)19-7)16-12(2)3-4-20(17,18)6-12/h5H,3-4,6H2,1-2H3,(H3,13,14,15,16). The summed E-state index contributed by atoms with van der Waals surface area (Å²) in [4.78, 5) is 10.4. The van der Waals surface area contributed by atoms with E-state index in [-0.39, 0.29) is 17.5 Å². The maximum atomic E-state index is 11.7. The van der Waals surface area contributed by atoms with Crippen LogP contribution in [0.1, 0.15) is 18.2 Å². The number of anilines is 2. The van der Waals surface area contributed by atoms with Gasteiger partial charge in [0.2, 0.25) is 5.95 Å². The quantitative estimate of drug-likeness (QED) is 0.873. The van der Waals surface area contributed by atoms with Crippen LogP contribution in [0.3, 0.4) is 0 Å². The zero-order chi connectivity index (χ0) is 14.5. The number of aryl methyl sites for hydroxylation is 1. The van der Waals surface area contributed by atoms with Crippen LogP contribution in [-0.4, -0.2) is 35.4 Å². The molecule has 1 saturated heterocycles. The number of thiophene rings is 1. The van der Waals surface area contributed by atoms with Gasteiger partial charge in [0.05, 0.1) is 22.4 Å². The lowest BCUT2D eigenvalue weighted by Crippen LogP contribution is -2.36. The summed E-state index contributed by atoms with van der Waals surface area (Å²) in [5.74, 6) is 1.15. The van der Waals surface area contributed by atoms with E-state index in [1.165, 1.54) is 0 Å². The molecule has 8 heteroatoms. The maximum Gasteiger partial charge on any atom is 0.223 e. The number of nitrogens with one attached hydrogen (secondary N) is 1. The van der Waals surface area contributed by atoms with E-state index >= 15 is 0 Å². The van der Waals surface area contributed by atoms with E-state index in [2.05, 4.69) is 15.3 Å². The van der Waals surface area contributed by atoms with E-state index in [9.17, 15) is 8.42 Å². The van der Waals surface area contributed by atoms with Crippen molar-refractivity contribution in [1.82, 2.24) is 9.97 Å². The van der Waals surface area contributed by atoms with Crippen LogP contribution >= 0.6 is 11.3 Å². The highest BCUT2D eigenvalue weighted by atomic mass is 32.2. The first-order chi connectivity index (χ1) is 9.26. The molecule has 3 heterocycles. The van der Waals surface area contributed by atoms with Crippen LogP contribution in [0.2, 0.25) is 0 Å². The van der Waals surface area contributed by atoms with Gasteiger partial charge in [0.25, 0.3) is 0 Å². The van der Waals surface area contributed by atoms with Crippen LogP contribution in [0.4, 0.5) is 11.8 Å². The Kier molecular flexibility index (Phi) is 2.91. The summed E-state index contributed by atoms with van der Waals surface area (Å²) in [6, 6.07) is 1.99. The smallest absolute Gasteiger partial charge is 0.223 e. The van der Waals surface area contributed by atoms with Gasteiger partial charge in [0, 0.05) is 4.88 Å². The van der Waals surface area contributed by atoms with E-state index in [0.717, 1.165) is 15.1 Å². The van der Waals surface area contributed by atoms with Gasteiger partial charge in [-0.25, -0.2) is 13.4 Å². The molecule has 1 aliphatic heterocycles. The number of fused-ring (bicyclic) bond motifs is 1. The largest absolute Gasteiger partial charge is 0.368 e. The molecule has 0 spiro atoms. The second-order valence-electron chi connectivity index (χ2n) is 5.53. The van der Waals surface area contributed by atoms with Crippen molar-refractivity contribution in [1.29, 1.82) is 0 Å². The fraction of sp³-hybridized carbons (Fsp3) is 0.500. The molecular formula is C12H16N4O2S2. The SMILES string of the molecule is Cc1cc2c(NC3(C)CCS(=O)(=O)C3)nc(N)nc2s1. The predicted molar refractivity (Wildman–Crippen MR) is 81.9 cm³/mol. The first kappa shape index (κ1) is 13.6. The van der Waals surface area contributed by atoms with Gasteiger partial charge < -0.3 is 11.1 Å². The van der Waals surface area contributed by atoms with Crippen molar-refractivity contribution in [3.05, 3.63) is 10.9 Å². The highest BCUT2D eigenvalue weighted by Crippen LogP contribution is 2.33. The summed E-state index contributed by atoms with van der Waals surface area (Å²) in [5, 5.41) is 4.16. The third-order valence-corrected chi connectivity index (χ3v) is 6.30. The molecule has 1 fully saturated rings. The molecule has 0 amide bonds. The Hall–Kier alpha value is -1.41. The van der Waals surface area contributed by atoms with Crippen LogP contribution in [0, 0.1) is 6.92 Å². The summed E-state index contributed by atoms with van der Waals surface area (Å²) < 4.78 is 23.4. The molecule has 0 radical (unpaired) electrons. The highest BCUT2D eigenvalue weighted by molar-refractivity contribution is 7.91. The number of aromatic nitrogens is 2. The highest BCUT2D eigenvalue weighted by Gasteiger charge is 2.39. The van der Waals surface area contributed by atoms with Crippen molar-refractivity contribution in [2.24, 2.45) is 0 Å². The second kappa shape index (κ2) is 4.29. The third-order valence-electron chi connectivity index (χ3n) is 3.46. The van der Waals surface area contributed by atoms with Crippen molar-refractivity contribution >= 4 is 43.2 Å². The lowest BCUT2D eigenvalue weighted by molar-refractivity contribution is 0.572. The minimum absolute atomic E-state index is 0.120. The minimum Gasteiger partial charge on any atom is -0.368 e. The number of sulfone groups is 1. The molecule has 0 aliphatic carbocycles. The van der Waals surface area contributed by atoms with E-state index in [1.807, 2.05) is 19.9 Å². The minimum atomic E-state index is -2.97. The van der Waals surface area contributed by atoms with Gasteiger partial charge in [-0.1, -0.05) is 0 Å². The Morgan fingerprint density at radius 1 is 1.45 bits per heavy atom.